The van der Waals surface area contributed by atoms with Gasteiger partial charge in [0.25, 0.3) is 0 Å². The fourth-order valence-electron chi connectivity index (χ4n) is 4.89. The van der Waals surface area contributed by atoms with E-state index < -0.39 is 10.0 Å². The summed E-state index contributed by atoms with van der Waals surface area (Å²) in [6, 6.07) is 10.4. The third kappa shape index (κ3) is 5.96. The fraction of sp³-hybridized carbons (Fsp3) is 0.519. The first-order valence-electron chi connectivity index (χ1n) is 12.6. The number of benzene rings is 2. The van der Waals surface area contributed by atoms with E-state index in [4.69, 9.17) is 4.74 Å². The first-order chi connectivity index (χ1) is 17.0. The van der Waals surface area contributed by atoms with Gasteiger partial charge in [-0.15, -0.1) is 0 Å². The van der Waals surface area contributed by atoms with Crippen molar-refractivity contribution in [2.75, 3.05) is 38.5 Å². The van der Waals surface area contributed by atoms with Gasteiger partial charge in [-0.2, -0.15) is 9.40 Å². The van der Waals surface area contributed by atoms with Gasteiger partial charge in [0.1, 0.15) is 5.82 Å². The van der Waals surface area contributed by atoms with Crippen LogP contribution >= 0.6 is 0 Å². The van der Waals surface area contributed by atoms with Crippen LogP contribution in [0.25, 0.3) is 16.6 Å². The average Bonchev–Trinajstić information content (AvgIpc) is 3.21. The number of aromatic nitrogens is 2. The average molecular weight is 517 g/mol. The summed E-state index contributed by atoms with van der Waals surface area (Å²) in [6.07, 6.45) is 1.82. The Kier molecular flexibility index (Phi) is 8.14. The van der Waals surface area contributed by atoms with Crippen molar-refractivity contribution >= 4 is 20.9 Å². The molecule has 2 aromatic carbocycles. The number of aryl methyl sites for hydroxylation is 1. The molecular weight excluding hydrogens is 479 g/mol. The molecule has 1 fully saturated rings. The van der Waals surface area contributed by atoms with E-state index >= 15 is 0 Å². The van der Waals surface area contributed by atoms with E-state index in [9.17, 15) is 12.8 Å². The van der Waals surface area contributed by atoms with Gasteiger partial charge >= 0.3 is 0 Å². The topological polar surface area (TPSA) is 67.7 Å². The number of halogens is 1. The summed E-state index contributed by atoms with van der Waals surface area (Å²) in [5, 5.41) is 5.52. The van der Waals surface area contributed by atoms with Gasteiger partial charge in [0.2, 0.25) is 10.0 Å². The Bertz CT molecular complexity index is 1290. The van der Waals surface area contributed by atoms with Crippen LogP contribution in [-0.4, -0.2) is 72.0 Å². The zero-order valence-electron chi connectivity index (χ0n) is 21.8. The summed E-state index contributed by atoms with van der Waals surface area (Å²) in [7, 11) is -3.43. The lowest BCUT2D eigenvalue weighted by Crippen LogP contribution is -2.52. The Labute approximate surface area is 213 Å². The predicted octanol–water partition coefficient (Wildman–Crippen LogP) is 4.54. The number of rotatable bonds is 9. The quantitative estimate of drug-likeness (QED) is 0.418. The Balaban J connectivity index is 1.66. The normalized spacial score (nSPS) is 18.1. The van der Waals surface area contributed by atoms with Crippen molar-refractivity contribution in [3.8, 4) is 5.69 Å². The van der Waals surface area contributed by atoms with Crippen LogP contribution in [0.5, 0.6) is 0 Å². The van der Waals surface area contributed by atoms with Crippen molar-refractivity contribution in [2.24, 2.45) is 5.92 Å². The standard InChI is InChI=1S/C27H37FN4O3S/c1-19(2)17-30-10-11-31(36(33,34)13-12-35-20(3)4)18-27(30)25-15-22-16-29-32(26(22)14-21(25)5)24-8-6-23(28)7-9-24/h6-9,14-16,19-20,27H,10-13,17-18H2,1-5H3/t27-/m0/s1. The molecule has 7 nitrogen and oxygen atoms in total. The first-order valence-corrected chi connectivity index (χ1v) is 14.2. The smallest absolute Gasteiger partial charge is 0.216 e. The van der Waals surface area contributed by atoms with Gasteiger partial charge < -0.3 is 4.74 Å². The summed E-state index contributed by atoms with van der Waals surface area (Å²) in [6.45, 7) is 12.9. The lowest BCUT2D eigenvalue weighted by atomic mass is 9.96. The van der Waals surface area contributed by atoms with Gasteiger partial charge in [0, 0.05) is 37.6 Å². The van der Waals surface area contributed by atoms with Gasteiger partial charge in [-0.05, 0) is 74.2 Å². The van der Waals surface area contributed by atoms with Crippen LogP contribution in [0.2, 0.25) is 0 Å². The number of fused-ring (bicyclic) bond motifs is 1. The Morgan fingerprint density at radius 2 is 1.83 bits per heavy atom. The molecule has 1 aromatic heterocycles. The zero-order chi connectivity index (χ0) is 26.0. The fourth-order valence-corrected chi connectivity index (χ4v) is 6.19. The van der Waals surface area contributed by atoms with Gasteiger partial charge in [-0.3, -0.25) is 4.90 Å². The molecule has 1 saturated heterocycles. The molecule has 1 aliphatic heterocycles. The predicted molar refractivity (Wildman–Crippen MR) is 141 cm³/mol. The number of ether oxygens (including phenoxy) is 1. The number of sulfonamides is 1. The van der Waals surface area contributed by atoms with Crippen LogP contribution in [0, 0.1) is 18.7 Å². The highest BCUT2D eigenvalue weighted by atomic mass is 32.2. The molecule has 1 atom stereocenters. The van der Waals surface area contributed by atoms with E-state index in [1.807, 2.05) is 24.7 Å². The van der Waals surface area contributed by atoms with Gasteiger partial charge in [-0.1, -0.05) is 13.8 Å². The first kappa shape index (κ1) is 26.7. The molecule has 196 valence electrons. The van der Waals surface area contributed by atoms with Crippen LogP contribution in [0.3, 0.4) is 0 Å². The number of hydrogen-bond acceptors (Lipinski definition) is 5. The highest BCUT2D eigenvalue weighted by Crippen LogP contribution is 2.33. The minimum absolute atomic E-state index is 0.000963. The van der Waals surface area contributed by atoms with Crippen molar-refractivity contribution in [2.45, 2.75) is 46.8 Å². The van der Waals surface area contributed by atoms with E-state index in [1.165, 1.54) is 12.1 Å². The lowest BCUT2D eigenvalue weighted by Gasteiger charge is -2.42. The molecule has 0 saturated carbocycles. The maximum Gasteiger partial charge on any atom is 0.216 e. The third-order valence-electron chi connectivity index (χ3n) is 6.63. The van der Waals surface area contributed by atoms with Crippen LogP contribution in [0.15, 0.2) is 42.6 Å². The second-order valence-corrected chi connectivity index (χ2v) is 12.4. The molecule has 4 rings (SSSR count). The second-order valence-electron chi connectivity index (χ2n) is 10.3. The van der Waals surface area contributed by atoms with E-state index in [0.717, 1.165) is 34.3 Å². The molecule has 3 aromatic rings. The van der Waals surface area contributed by atoms with Crippen LogP contribution in [0.4, 0.5) is 4.39 Å². The van der Waals surface area contributed by atoms with Crippen molar-refractivity contribution in [1.82, 2.24) is 19.0 Å². The molecule has 0 spiro atoms. The number of hydrogen-bond donors (Lipinski definition) is 0. The van der Waals surface area contributed by atoms with Crippen LogP contribution in [-0.2, 0) is 14.8 Å². The van der Waals surface area contributed by atoms with E-state index in [0.29, 0.717) is 25.6 Å². The Hall–Kier alpha value is -2.33. The molecule has 0 unspecified atom stereocenters. The van der Waals surface area contributed by atoms with Crippen molar-refractivity contribution in [3.05, 3.63) is 59.5 Å². The van der Waals surface area contributed by atoms with Crippen LogP contribution in [0.1, 0.15) is 44.9 Å². The molecule has 2 heterocycles. The molecule has 0 aliphatic carbocycles. The van der Waals surface area contributed by atoms with Crippen molar-refractivity contribution in [3.63, 3.8) is 0 Å². The van der Waals surface area contributed by atoms with Crippen LogP contribution < -0.4 is 0 Å². The SMILES string of the molecule is Cc1cc2c(cnn2-c2ccc(F)cc2)cc1[C@@H]1CN(S(=O)(=O)CCOC(C)C)CCN1CC(C)C. The third-order valence-corrected chi connectivity index (χ3v) is 8.43. The molecule has 1 aliphatic rings. The van der Waals surface area contributed by atoms with Crippen molar-refractivity contribution < 1.29 is 17.5 Å². The molecule has 0 amide bonds. The maximum atomic E-state index is 13.4. The summed E-state index contributed by atoms with van der Waals surface area (Å²) in [5.41, 5.74) is 3.91. The zero-order valence-corrected chi connectivity index (χ0v) is 22.6. The highest BCUT2D eigenvalue weighted by Gasteiger charge is 2.35. The molecule has 0 N–H and O–H groups in total. The number of piperazine rings is 1. The molecule has 36 heavy (non-hydrogen) atoms. The second kappa shape index (κ2) is 11.0. The number of nitrogens with zero attached hydrogens (tertiary/aromatic N) is 4. The highest BCUT2D eigenvalue weighted by molar-refractivity contribution is 7.89. The van der Waals surface area contributed by atoms with E-state index in [2.05, 4.69) is 42.9 Å². The minimum atomic E-state index is -3.43. The largest absolute Gasteiger partial charge is 0.378 e. The molecular formula is C27H37FN4O3S. The van der Waals surface area contributed by atoms with Crippen molar-refractivity contribution in [1.29, 1.82) is 0 Å². The summed E-state index contributed by atoms with van der Waals surface area (Å²) >= 11 is 0. The van der Waals surface area contributed by atoms with E-state index in [-0.39, 0.29) is 30.3 Å². The maximum absolute atomic E-state index is 13.4. The van der Waals surface area contributed by atoms with E-state index in [1.54, 1.807) is 16.4 Å². The summed E-state index contributed by atoms with van der Waals surface area (Å²) in [5.74, 6) is 0.164. The molecule has 0 radical (unpaired) electrons. The van der Waals surface area contributed by atoms with Gasteiger partial charge in [0.05, 0.1) is 35.9 Å². The Morgan fingerprint density at radius 3 is 2.50 bits per heavy atom. The summed E-state index contributed by atoms with van der Waals surface area (Å²) < 4.78 is 48.7. The Morgan fingerprint density at radius 1 is 1.11 bits per heavy atom. The molecule has 9 heteroatoms. The summed E-state index contributed by atoms with van der Waals surface area (Å²) in [4.78, 5) is 2.40. The monoisotopic (exact) mass is 516 g/mol. The van der Waals surface area contributed by atoms with Gasteiger partial charge in [0.15, 0.2) is 0 Å². The van der Waals surface area contributed by atoms with Gasteiger partial charge in [-0.25, -0.2) is 17.5 Å². The lowest BCUT2D eigenvalue weighted by molar-refractivity contribution is 0.0875. The molecule has 0 bridgehead atoms. The minimum Gasteiger partial charge on any atom is -0.378 e.